The van der Waals surface area contributed by atoms with Gasteiger partial charge in [0, 0.05) is 10.6 Å². The lowest BCUT2D eigenvalue weighted by Gasteiger charge is -2.26. The van der Waals surface area contributed by atoms with Crippen molar-refractivity contribution in [3.05, 3.63) is 107 Å². The van der Waals surface area contributed by atoms with E-state index < -0.39 is 17.8 Å². The van der Waals surface area contributed by atoms with E-state index in [1.165, 1.54) is 19.3 Å². The Hall–Kier alpha value is -4.36. The third-order valence-electron chi connectivity index (χ3n) is 5.44. The average molecular weight is 503 g/mol. The van der Waals surface area contributed by atoms with Gasteiger partial charge in [-0.15, -0.1) is 6.58 Å². The molecule has 0 saturated carbocycles. The van der Waals surface area contributed by atoms with E-state index in [9.17, 15) is 14.4 Å². The van der Waals surface area contributed by atoms with E-state index in [4.69, 9.17) is 21.1 Å². The van der Waals surface area contributed by atoms with E-state index in [0.29, 0.717) is 35.1 Å². The van der Waals surface area contributed by atoms with E-state index in [1.807, 2.05) is 30.3 Å². The summed E-state index contributed by atoms with van der Waals surface area (Å²) in [5.41, 5.74) is 2.32. The number of halogens is 1. The Morgan fingerprint density at radius 3 is 2.50 bits per heavy atom. The summed E-state index contributed by atoms with van der Waals surface area (Å²) >= 11 is 6.03. The van der Waals surface area contributed by atoms with Crippen LogP contribution in [-0.4, -0.2) is 25.0 Å². The monoisotopic (exact) mass is 502 g/mol. The fourth-order valence-corrected chi connectivity index (χ4v) is 3.98. The predicted octanol–water partition coefficient (Wildman–Crippen LogP) is 5.32. The summed E-state index contributed by atoms with van der Waals surface area (Å²) in [7, 11) is 1.51. The number of carbonyl (C=O) groups excluding carboxylic acids is 3. The fourth-order valence-electron chi connectivity index (χ4n) is 3.79. The normalized spacial score (nSPS) is 14.6. The van der Waals surface area contributed by atoms with Gasteiger partial charge < -0.3 is 9.47 Å². The number of methoxy groups -OCH3 is 1. The highest BCUT2D eigenvalue weighted by Gasteiger charge is 2.37. The number of imide groups is 2. The molecule has 36 heavy (non-hydrogen) atoms. The number of nitrogens with one attached hydrogen (secondary N) is 1. The number of barbiturate groups is 1. The third kappa shape index (κ3) is 5.31. The average Bonchev–Trinajstić information content (AvgIpc) is 2.86. The van der Waals surface area contributed by atoms with Crippen molar-refractivity contribution < 1.29 is 23.9 Å². The van der Waals surface area contributed by atoms with E-state index in [2.05, 4.69) is 11.9 Å². The van der Waals surface area contributed by atoms with E-state index in [0.717, 1.165) is 16.0 Å². The number of carbonyl (C=O) groups is 3. The van der Waals surface area contributed by atoms with Crippen LogP contribution < -0.4 is 19.7 Å². The Bertz CT molecular complexity index is 1370. The maximum absolute atomic E-state index is 13.2. The maximum atomic E-state index is 13.2. The summed E-state index contributed by atoms with van der Waals surface area (Å²) in [6.45, 7) is 4.15. The Labute approximate surface area is 213 Å². The predicted molar refractivity (Wildman–Crippen MR) is 138 cm³/mol. The lowest BCUT2D eigenvalue weighted by molar-refractivity contribution is -0.122. The van der Waals surface area contributed by atoms with Gasteiger partial charge in [0.1, 0.15) is 12.2 Å². The van der Waals surface area contributed by atoms with Gasteiger partial charge in [0.2, 0.25) is 0 Å². The van der Waals surface area contributed by atoms with Crippen molar-refractivity contribution in [2.45, 2.75) is 13.0 Å². The highest BCUT2D eigenvalue weighted by Crippen LogP contribution is 2.35. The number of rotatable bonds is 8. The molecule has 4 amide bonds. The molecule has 1 heterocycles. The summed E-state index contributed by atoms with van der Waals surface area (Å²) in [6.07, 6.45) is 3.60. The van der Waals surface area contributed by atoms with Crippen molar-refractivity contribution in [3.8, 4) is 11.5 Å². The lowest BCUT2D eigenvalue weighted by atomic mass is 10.0. The lowest BCUT2D eigenvalue weighted by Crippen LogP contribution is -2.54. The van der Waals surface area contributed by atoms with Crippen LogP contribution in [0, 0.1) is 0 Å². The molecule has 182 valence electrons. The minimum atomic E-state index is -0.848. The van der Waals surface area contributed by atoms with E-state index in [1.54, 1.807) is 36.4 Å². The van der Waals surface area contributed by atoms with Crippen LogP contribution in [0.15, 0.2) is 85.0 Å². The minimum absolute atomic E-state index is 0.209. The molecule has 8 heteroatoms. The zero-order chi connectivity index (χ0) is 25.7. The van der Waals surface area contributed by atoms with Crippen LogP contribution in [0.1, 0.15) is 16.7 Å². The van der Waals surface area contributed by atoms with E-state index >= 15 is 0 Å². The number of urea groups is 1. The number of hydrogen-bond donors (Lipinski definition) is 1. The molecule has 3 aromatic rings. The summed E-state index contributed by atoms with van der Waals surface area (Å²) in [5, 5.41) is 2.56. The molecule has 1 aliphatic rings. The van der Waals surface area contributed by atoms with Crippen LogP contribution >= 0.6 is 11.6 Å². The Morgan fingerprint density at radius 2 is 1.81 bits per heavy atom. The van der Waals surface area contributed by atoms with Crippen LogP contribution in [0.4, 0.5) is 10.5 Å². The molecule has 1 saturated heterocycles. The van der Waals surface area contributed by atoms with E-state index in [-0.39, 0.29) is 11.3 Å². The van der Waals surface area contributed by atoms with Gasteiger partial charge in [-0.25, -0.2) is 9.69 Å². The number of amides is 4. The number of hydrogen-bond acceptors (Lipinski definition) is 5. The van der Waals surface area contributed by atoms with Crippen LogP contribution in [0.5, 0.6) is 11.5 Å². The van der Waals surface area contributed by atoms with Crippen molar-refractivity contribution in [1.29, 1.82) is 0 Å². The molecule has 0 atom stereocenters. The summed E-state index contributed by atoms with van der Waals surface area (Å²) < 4.78 is 11.7. The highest BCUT2D eigenvalue weighted by atomic mass is 35.5. The molecule has 1 N–H and O–H groups in total. The van der Waals surface area contributed by atoms with Crippen molar-refractivity contribution >= 4 is 41.2 Å². The topological polar surface area (TPSA) is 84.9 Å². The van der Waals surface area contributed by atoms with Crippen molar-refractivity contribution in [2.75, 3.05) is 12.0 Å². The largest absolute Gasteiger partial charge is 0.493 e. The standard InChI is InChI=1S/C28H23ClN2O5/c1-3-8-20-13-19(15-24(35-2)25(20)36-17-18-9-5-4-6-10-18)14-23-26(32)30-28(34)31(27(23)33)22-12-7-11-21(29)16-22/h3-7,9-16H,1,8,17H2,2H3,(H,30,32,34)/b23-14+. The first kappa shape index (κ1) is 24.8. The zero-order valence-corrected chi connectivity index (χ0v) is 20.2. The third-order valence-corrected chi connectivity index (χ3v) is 5.68. The van der Waals surface area contributed by atoms with Gasteiger partial charge in [-0.05, 0) is 54.0 Å². The molecule has 0 unspecified atom stereocenters. The van der Waals surface area contributed by atoms with Crippen LogP contribution in [0.3, 0.4) is 0 Å². The molecule has 1 aliphatic heterocycles. The van der Waals surface area contributed by atoms with Gasteiger partial charge in [0.25, 0.3) is 11.8 Å². The molecule has 7 nitrogen and oxygen atoms in total. The molecule has 4 rings (SSSR count). The van der Waals surface area contributed by atoms with Crippen LogP contribution in [-0.2, 0) is 22.6 Å². The quantitative estimate of drug-likeness (QED) is 0.256. The summed E-state index contributed by atoms with van der Waals surface area (Å²) in [6, 6.07) is 18.6. The smallest absolute Gasteiger partial charge is 0.335 e. The number of anilines is 1. The number of allylic oxidation sites excluding steroid dienone is 1. The van der Waals surface area contributed by atoms with Crippen LogP contribution in [0.2, 0.25) is 5.02 Å². The highest BCUT2D eigenvalue weighted by molar-refractivity contribution is 6.39. The van der Waals surface area contributed by atoms with Gasteiger partial charge in [-0.2, -0.15) is 0 Å². The molecule has 0 radical (unpaired) electrons. The first-order chi connectivity index (χ1) is 17.4. The molecular formula is C28H23ClN2O5. The second kappa shape index (κ2) is 10.9. The first-order valence-corrected chi connectivity index (χ1v) is 11.4. The van der Waals surface area contributed by atoms with Gasteiger partial charge in [0.05, 0.1) is 12.8 Å². The Balaban J connectivity index is 1.71. The molecule has 3 aromatic carbocycles. The van der Waals surface area contributed by atoms with Gasteiger partial charge in [-0.1, -0.05) is 54.1 Å². The van der Waals surface area contributed by atoms with Crippen LogP contribution in [0.25, 0.3) is 6.08 Å². The number of benzene rings is 3. The van der Waals surface area contributed by atoms with Gasteiger partial charge >= 0.3 is 6.03 Å². The van der Waals surface area contributed by atoms with Gasteiger partial charge in [-0.3, -0.25) is 14.9 Å². The Kier molecular flexibility index (Phi) is 7.51. The maximum Gasteiger partial charge on any atom is 0.335 e. The van der Waals surface area contributed by atoms with Gasteiger partial charge in [0.15, 0.2) is 11.5 Å². The SMILES string of the molecule is C=CCc1cc(/C=C2\C(=O)NC(=O)N(c3cccc(Cl)c3)C2=O)cc(OC)c1OCc1ccccc1. The Morgan fingerprint density at radius 1 is 1.03 bits per heavy atom. The van der Waals surface area contributed by atoms with Crippen molar-refractivity contribution in [3.63, 3.8) is 0 Å². The first-order valence-electron chi connectivity index (χ1n) is 11.1. The fraction of sp³-hybridized carbons (Fsp3) is 0.107. The number of ether oxygens (including phenoxy) is 2. The molecule has 0 bridgehead atoms. The zero-order valence-electron chi connectivity index (χ0n) is 19.5. The summed E-state index contributed by atoms with van der Waals surface area (Å²) in [5.74, 6) is -0.585. The molecular weight excluding hydrogens is 480 g/mol. The minimum Gasteiger partial charge on any atom is -0.493 e. The van der Waals surface area contributed by atoms with Crippen molar-refractivity contribution in [2.24, 2.45) is 0 Å². The molecule has 0 aromatic heterocycles. The second-order valence-electron chi connectivity index (χ2n) is 7.92. The molecule has 1 fully saturated rings. The molecule has 0 aliphatic carbocycles. The second-order valence-corrected chi connectivity index (χ2v) is 8.35. The molecule has 0 spiro atoms. The summed E-state index contributed by atoms with van der Waals surface area (Å²) in [4.78, 5) is 39.2. The van der Waals surface area contributed by atoms with Crippen molar-refractivity contribution in [1.82, 2.24) is 5.32 Å². The number of nitrogens with zero attached hydrogens (tertiary/aromatic N) is 1.